The van der Waals surface area contributed by atoms with Crippen LogP contribution in [0.5, 0.6) is 0 Å². The molecule has 4 nitrogen and oxygen atoms in total. The Balaban J connectivity index is 2.02. The second-order valence-electron chi connectivity index (χ2n) is 4.92. The summed E-state index contributed by atoms with van der Waals surface area (Å²) in [5, 5.41) is 3.34. The molecular formula is C14H18ClFN2O2. The summed E-state index contributed by atoms with van der Waals surface area (Å²) in [7, 11) is 0. The van der Waals surface area contributed by atoms with Gasteiger partial charge in [0.15, 0.2) is 0 Å². The molecule has 1 unspecified atom stereocenters. The standard InChI is InChI=1S/C14H18ClFN2O2/c15-12-2-1-9(7-13(12)16)11(14(17)19)8-18-10-3-5-20-6-4-10/h1-2,7,10-11,18H,3-6,8H2,(H2,17,19). The molecule has 1 fully saturated rings. The van der Waals surface area contributed by atoms with Gasteiger partial charge in [0, 0.05) is 25.8 Å². The highest BCUT2D eigenvalue weighted by Gasteiger charge is 2.21. The smallest absolute Gasteiger partial charge is 0.226 e. The molecule has 0 radical (unpaired) electrons. The third kappa shape index (κ3) is 3.91. The maximum absolute atomic E-state index is 13.5. The van der Waals surface area contributed by atoms with Gasteiger partial charge in [-0.2, -0.15) is 0 Å². The Hall–Kier alpha value is -1.17. The van der Waals surface area contributed by atoms with Crippen molar-refractivity contribution in [1.82, 2.24) is 5.32 Å². The third-order valence-electron chi connectivity index (χ3n) is 3.52. The van der Waals surface area contributed by atoms with Crippen LogP contribution in [-0.2, 0) is 9.53 Å². The molecule has 1 saturated heterocycles. The molecule has 6 heteroatoms. The summed E-state index contributed by atoms with van der Waals surface area (Å²) in [6.45, 7) is 1.82. The molecule has 1 aromatic rings. The van der Waals surface area contributed by atoms with Crippen LogP contribution < -0.4 is 11.1 Å². The lowest BCUT2D eigenvalue weighted by molar-refractivity contribution is -0.119. The molecule has 110 valence electrons. The van der Waals surface area contributed by atoms with E-state index in [9.17, 15) is 9.18 Å². The van der Waals surface area contributed by atoms with E-state index < -0.39 is 17.6 Å². The minimum atomic E-state index is -0.565. The first-order valence-electron chi connectivity index (χ1n) is 6.63. The Morgan fingerprint density at radius 1 is 1.50 bits per heavy atom. The summed E-state index contributed by atoms with van der Waals surface area (Å²) >= 11 is 5.64. The summed E-state index contributed by atoms with van der Waals surface area (Å²) in [6.07, 6.45) is 1.81. The molecular weight excluding hydrogens is 283 g/mol. The normalized spacial score (nSPS) is 17.9. The zero-order valence-electron chi connectivity index (χ0n) is 11.1. The van der Waals surface area contributed by atoms with Gasteiger partial charge in [-0.15, -0.1) is 0 Å². The van der Waals surface area contributed by atoms with Gasteiger partial charge in [-0.25, -0.2) is 4.39 Å². The fourth-order valence-electron chi connectivity index (χ4n) is 2.30. The van der Waals surface area contributed by atoms with Gasteiger partial charge in [0.2, 0.25) is 5.91 Å². The first-order chi connectivity index (χ1) is 9.58. The summed E-state index contributed by atoms with van der Waals surface area (Å²) < 4.78 is 18.7. The lowest BCUT2D eigenvalue weighted by Crippen LogP contribution is -2.40. The number of halogens is 2. The van der Waals surface area contributed by atoms with E-state index in [4.69, 9.17) is 22.1 Å². The van der Waals surface area contributed by atoms with E-state index >= 15 is 0 Å². The quantitative estimate of drug-likeness (QED) is 0.872. The number of carbonyl (C=O) groups excluding carboxylic acids is 1. The van der Waals surface area contributed by atoms with Crippen LogP contribution in [0.2, 0.25) is 5.02 Å². The lowest BCUT2D eigenvalue weighted by atomic mass is 9.97. The van der Waals surface area contributed by atoms with Crippen molar-refractivity contribution in [3.63, 3.8) is 0 Å². The third-order valence-corrected chi connectivity index (χ3v) is 3.83. The molecule has 20 heavy (non-hydrogen) atoms. The van der Waals surface area contributed by atoms with Crippen LogP contribution in [-0.4, -0.2) is 31.7 Å². The van der Waals surface area contributed by atoms with Gasteiger partial charge in [-0.1, -0.05) is 17.7 Å². The van der Waals surface area contributed by atoms with Gasteiger partial charge in [0.1, 0.15) is 5.82 Å². The highest BCUT2D eigenvalue weighted by atomic mass is 35.5. The van der Waals surface area contributed by atoms with Crippen LogP contribution >= 0.6 is 11.6 Å². The minimum absolute atomic E-state index is 0.0364. The highest BCUT2D eigenvalue weighted by Crippen LogP contribution is 2.22. The molecule has 0 saturated carbocycles. The molecule has 0 bridgehead atoms. The maximum Gasteiger partial charge on any atom is 0.226 e. The van der Waals surface area contributed by atoms with Crippen molar-refractivity contribution in [2.45, 2.75) is 24.8 Å². The van der Waals surface area contributed by atoms with Crippen LogP contribution in [0.3, 0.4) is 0 Å². The maximum atomic E-state index is 13.5. The minimum Gasteiger partial charge on any atom is -0.381 e. The molecule has 0 spiro atoms. The predicted molar refractivity (Wildman–Crippen MR) is 75.2 cm³/mol. The number of rotatable bonds is 5. The number of hydrogen-bond acceptors (Lipinski definition) is 3. The van der Waals surface area contributed by atoms with Crippen LogP contribution in [0, 0.1) is 5.82 Å². The Morgan fingerprint density at radius 3 is 2.80 bits per heavy atom. The molecule has 1 atom stereocenters. The Kier molecular flexibility index (Phi) is 5.34. The first kappa shape index (κ1) is 15.2. The largest absolute Gasteiger partial charge is 0.381 e. The van der Waals surface area contributed by atoms with Crippen molar-refractivity contribution in [3.8, 4) is 0 Å². The topological polar surface area (TPSA) is 64.4 Å². The van der Waals surface area contributed by atoms with Gasteiger partial charge in [-0.3, -0.25) is 4.79 Å². The molecule has 1 amide bonds. The van der Waals surface area contributed by atoms with Gasteiger partial charge < -0.3 is 15.8 Å². The predicted octanol–water partition coefficient (Wildman–Crippen LogP) is 1.82. The second-order valence-corrected chi connectivity index (χ2v) is 5.33. The van der Waals surface area contributed by atoms with Crippen molar-refractivity contribution < 1.29 is 13.9 Å². The van der Waals surface area contributed by atoms with Crippen molar-refractivity contribution in [1.29, 1.82) is 0 Å². The number of nitrogens with one attached hydrogen (secondary N) is 1. The van der Waals surface area contributed by atoms with Crippen LogP contribution in [0.4, 0.5) is 4.39 Å². The van der Waals surface area contributed by atoms with E-state index in [0.29, 0.717) is 31.4 Å². The van der Waals surface area contributed by atoms with Crippen molar-refractivity contribution in [2.75, 3.05) is 19.8 Å². The monoisotopic (exact) mass is 300 g/mol. The molecule has 0 aromatic heterocycles. The zero-order chi connectivity index (χ0) is 14.5. The van der Waals surface area contributed by atoms with E-state index in [0.717, 1.165) is 12.8 Å². The average Bonchev–Trinajstić information content (AvgIpc) is 2.43. The molecule has 3 N–H and O–H groups in total. The Morgan fingerprint density at radius 2 is 2.20 bits per heavy atom. The van der Waals surface area contributed by atoms with Crippen LogP contribution in [0.1, 0.15) is 24.3 Å². The lowest BCUT2D eigenvalue weighted by Gasteiger charge is -2.25. The molecule has 0 aliphatic carbocycles. The van der Waals surface area contributed by atoms with E-state index in [1.807, 2.05) is 0 Å². The summed E-state index contributed by atoms with van der Waals surface area (Å²) in [6, 6.07) is 4.65. The number of hydrogen-bond donors (Lipinski definition) is 2. The van der Waals surface area contributed by atoms with Gasteiger partial charge in [-0.05, 0) is 30.5 Å². The number of nitrogens with two attached hydrogens (primary N) is 1. The molecule has 1 heterocycles. The highest BCUT2D eigenvalue weighted by molar-refractivity contribution is 6.30. The fraction of sp³-hybridized carbons (Fsp3) is 0.500. The van der Waals surface area contributed by atoms with E-state index in [1.54, 1.807) is 6.07 Å². The van der Waals surface area contributed by atoms with Crippen LogP contribution in [0.15, 0.2) is 18.2 Å². The number of benzene rings is 1. The second kappa shape index (κ2) is 7.02. The summed E-state index contributed by atoms with van der Waals surface area (Å²) in [5.74, 6) is -1.59. The molecule has 1 aliphatic heterocycles. The van der Waals surface area contributed by atoms with E-state index in [2.05, 4.69) is 5.32 Å². The number of ether oxygens (including phenoxy) is 1. The van der Waals surface area contributed by atoms with Crippen molar-refractivity contribution in [3.05, 3.63) is 34.6 Å². The SMILES string of the molecule is NC(=O)C(CNC1CCOCC1)c1ccc(Cl)c(F)c1. The van der Waals surface area contributed by atoms with E-state index in [1.165, 1.54) is 12.1 Å². The first-order valence-corrected chi connectivity index (χ1v) is 7.01. The summed E-state index contributed by atoms with van der Waals surface area (Å²) in [4.78, 5) is 11.6. The summed E-state index contributed by atoms with van der Waals surface area (Å²) in [5.41, 5.74) is 5.95. The van der Waals surface area contributed by atoms with Gasteiger partial charge in [0.25, 0.3) is 0 Å². The zero-order valence-corrected chi connectivity index (χ0v) is 11.8. The van der Waals surface area contributed by atoms with Gasteiger partial charge >= 0.3 is 0 Å². The molecule has 1 aliphatic rings. The number of primary amides is 1. The number of carbonyl (C=O) groups is 1. The molecule has 1 aromatic carbocycles. The Bertz CT molecular complexity index is 478. The Labute approximate surface area is 122 Å². The fourth-order valence-corrected chi connectivity index (χ4v) is 2.42. The van der Waals surface area contributed by atoms with Crippen LogP contribution in [0.25, 0.3) is 0 Å². The average molecular weight is 301 g/mol. The van der Waals surface area contributed by atoms with Gasteiger partial charge in [0.05, 0.1) is 10.9 Å². The molecule has 2 rings (SSSR count). The number of amides is 1. The van der Waals surface area contributed by atoms with Crippen molar-refractivity contribution in [2.24, 2.45) is 5.73 Å². The van der Waals surface area contributed by atoms with E-state index in [-0.39, 0.29) is 5.02 Å². The van der Waals surface area contributed by atoms with Crippen molar-refractivity contribution >= 4 is 17.5 Å².